The number of sulfonamides is 1. The molecule has 2 amide bonds. The van der Waals surface area contributed by atoms with Gasteiger partial charge in [-0.1, -0.05) is 36.4 Å². The molecular formula is C28H31N3O4S. The van der Waals surface area contributed by atoms with Crippen molar-refractivity contribution in [1.29, 1.82) is 0 Å². The number of carbonyl (C=O) groups is 2. The summed E-state index contributed by atoms with van der Waals surface area (Å²) in [6.07, 6.45) is 3.18. The number of para-hydroxylation sites is 1. The van der Waals surface area contributed by atoms with Crippen LogP contribution in [0.4, 0.5) is 11.4 Å². The van der Waals surface area contributed by atoms with E-state index in [2.05, 4.69) is 5.32 Å². The summed E-state index contributed by atoms with van der Waals surface area (Å²) in [5, 5.41) is 2.86. The van der Waals surface area contributed by atoms with E-state index in [1.165, 1.54) is 10.6 Å². The van der Waals surface area contributed by atoms with Crippen LogP contribution < -0.4 is 9.62 Å². The van der Waals surface area contributed by atoms with Crippen molar-refractivity contribution in [3.8, 4) is 0 Å². The van der Waals surface area contributed by atoms with Gasteiger partial charge in [-0.2, -0.15) is 0 Å². The first-order chi connectivity index (χ1) is 17.1. The lowest BCUT2D eigenvalue weighted by Crippen LogP contribution is -2.30. The Kier molecular flexibility index (Phi) is 7.45. The molecule has 0 aromatic heterocycles. The van der Waals surface area contributed by atoms with Crippen LogP contribution in [-0.2, 0) is 16.6 Å². The maximum Gasteiger partial charge on any atom is 0.255 e. The van der Waals surface area contributed by atoms with Crippen LogP contribution in [0.2, 0.25) is 0 Å². The van der Waals surface area contributed by atoms with Gasteiger partial charge in [0.15, 0.2) is 0 Å². The molecule has 0 aliphatic carbocycles. The summed E-state index contributed by atoms with van der Waals surface area (Å²) in [6.45, 7) is 5.42. The van der Waals surface area contributed by atoms with E-state index in [4.69, 9.17) is 0 Å². The van der Waals surface area contributed by atoms with Gasteiger partial charge in [-0.15, -0.1) is 0 Å². The average Bonchev–Trinajstić information content (AvgIpc) is 3.39. The molecule has 4 rings (SSSR count). The monoisotopic (exact) mass is 505 g/mol. The van der Waals surface area contributed by atoms with E-state index in [0.717, 1.165) is 42.6 Å². The number of carbonyl (C=O) groups excluding carboxylic acids is 2. The van der Waals surface area contributed by atoms with Gasteiger partial charge < -0.3 is 10.2 Å². The molecule has 188 valence electrons. The maximum atomic E-state index is 13.0. The third-order valence-electron chi connectivity index (χ3n) is 6.37. The van der Waals surface area contributed by atoms with Gasteiger partial charge >= 0.3 is 0 Å². The van der Waals surface area contributed by atoms with E-state index in [1.54, 1.807) is 48.5 Å². The van der Waals surface area contributed by atoms with Crippen molar-refractivity contribution in [3.05, 3.63) is 94.5 Å². The number of likely N-dealkylation sites (tertiary alicyclic amines) is 1. The Morgan fingerprint density at radius 3 is 2.28 bits per heavy atom. The highest BCUT2D eigenvalue weighted by Crippen LogP contribution is 2.26. The number of nitrogens with one attached hydrogen (secondary N) is 1. The van der Waals surface area contributed by atoms with Crippen molar-refractivity contribution in [2.45, 2.75) is 33.2 Å². The van der Waals surface area contributed by atoms with Crippen LogP contribution in [-0.4, -0.2) is 44.5 Å². The summed E-state index contributed by atoms with van der Waals surface area (Å²) in [5.41, 5.74) is 4.59. The lowest BCUT2D eigenvalue weighted by atomic mass is 10.1. The third-order valence-corrected chi connectivity index (χ3v) is 7.50. The molecule has 36 heavy (non-hydrogen) atoms. The summed E-state index contributed by atoms with van der Waals surface area (Å²) < 4.78 is 26.6. The Labute approximate surface area is 212 Å². The minimum absolute atomic E-state index is 0.0777. The summed E-state index contributed by atoms with van der Waals surface area (Å²) in [5.74, 6) is -0.413. The molecule has 1 aliphatic heterocycles. The van der Waals surface area contributed by atoms with Gasteiger partial charge in [0, 0.05) is 18.7 Å². The number of aryl methyl sites for hydroxylation is 2. The van der Waals surface area contributed by atoms with Gasteiger partial charge in [-0.05, 0) is 73.7 Å². The molecule has 7 nitrogen and oxygen atoms in total. The second-order valence-electron chi connectivity index (χ2n) is 9.26. The zero-order chi connectivity index (χ0) is 25.9. The quantitative estimate of drug-likeness (QED) is 0.502. The molecule has 0 unspecified atom stereocenters. The van der Waals surface area contributed by atoms with Gasteiger partial charge in [0.1, 0.15) is 0 Å². The Morgan fingerprint density at radius 1 is 0.944 bits per heavy atom. The third kappa shape index (κ3) is 5.76. The molecule has 0 atom stereocenters. The Bertz CT molecular complexity index is 1380. The molecule has 0 saturated carbocycles. The van der Waals surface area contributed by atoms with E-state index in [-0.39, 0.29) is 18.4 Å². The zero-order valence-electron chi connectivity index (χ0n) is 20.8. The van der Waals surface area contributed by atoms with Gasteiger partial charge in [0.25, 0.3) is 11.8 Å². The number of nitrogens with zero attached hydrogens (tertiary/aromatic N) is 2. The molecule has 0 radical (unpaired) electrons. The van der Waals surface area contributed by atoms with Crippen molar-refractivity contribution in [3.63, 3.8) is 0 Å². The van der Waals surface area contributed by atoms with Crippen LogP contribution in [0.1, 0.15) is 50.2 Å². The largest absolute Gasteiger partial charge is 0.339 e. The molecule has 0 spiro atoms. The molecule has 3 aromatic carbocycles. The van der Waals surface area contributed by atoms with Gasteiger partial charge in [-0.25, -0.2) is 8.42 Å². The number of anilines is 2. The van der Waals surface area contributed by atoms with Crippen molar-refractivity contribution < 1.29 is 18.0 Å². The van der Waals surface area contributed by atoms with Crippen LogP contribution in [0.5, 0.6) is 0 Å². The molecule has 1 heterocycles. The first-order valence-electron chi connectivity index (χ1n) is 12.0. The van der Waals surface area contributed by atoms with E-state index in [9.17, 15) is 18.0 Å². The van der Waals surface area contributed by atoms with E-state index in [0.29, 0.717) is 22.5 Å². The van der Waals surface area contributed by atoms with Crippen LogP contribution in [0.25, 0.3) is 0 Å². The van der Waals surface area contributed by atoms with Crippen LogP contribution in [0, 0.1) is 13.8 Å². The summed E-state index contributed by atoms with van der Waals surface area (Å²) in [6, 6.07) is 19.6. The first-order valence-corrected chi connectivity index (χ1v) is 13.8. The highest BCUT2D eigenvalue weighted by Gasteiger charge is 2.23. The molecule has 3 aromatic rings. The molecular weight excluding hydrogens is 474 g/mol. The molecule has 1 N–H and O–H groups in total. The topological polar surface area (TPSA) is 86.8 Å². The molecule has 1 aliphatic rings. The van der Waals surface area contributed by atoms with Gasteiger partial charge in [-0.3, -0.25) is 13.9 Å². The van der Waals surface area contributed by atoms with E-state index >= 15 is 0 Å². The number of amides is 2. The van der Waals surface area contributed by atoms with E-state index < -0.39 is 10.0 Å². The van der Waals surface area contributed by atoms with Crippen molar-refractivity contribution in [1.82, 2.24) is 4.90 Å². The lowest BCUT2D eigenvalue weighted by molar-refractivity contribution is 0.0794. The van der Waals surface area contributed by atoms with Crippen LogP contribution >= 0.6 is 0 Å². The van der Waals surface area contributed by atoms with Gasteiger partial charge in [0.2, 0.25) is 10.0 Å². The predicted molar refractivity (Wildman–Crippen MR) is 143 cm³/mol. The van der Waals surface area contributed by atoms with Crippen LogP contribution in [0.3, 0.4) is 0 Å². The standard InChI is InChI=1S/C28H31N3O4S/c1-20-10-11-21(2)26(18-20)31(36(3,34)35)19-22-12-14-23(15-13-22)27(32)29-25-9-5-4-8-24(25)28(33)30-16-6-7-17-30/h4-5,8-15,18H,6-7,16-17,19H2,1-3H3,(H,29,32). The number of hydrogen-bond donors (Lipinski definition) is 1. The van der Waals surface area contributed by atoms with Crippen molar-refractivity contribution in [2.75, 3.05) is 29.0 Å². The highest BCUT2D eigenvalue weighted by atomic mass is 32.2. The second-order valence-corrected chi connectivity index (χ2v) is 11.2. The molecule has 1 fully saturated rings. The fraction of sp³-hybridized carbons (Fsp3) is 0.286. The fourth-order valence-electron chi connectivity index (χ4n) is 4.36. The second kappa shape index (κ2) is 10.5. The predicted octanol–water partition coefficient (Wildman–Crippen LogP) is 4.76. The zero-order valence-corrected chi connectivity index (χ0v) is 21.6. The van der Waals surface area contributed by atoms with Crippen molar-refractivity contribution in [2.24, 2.45) is 0 Å². The van der Waals surface area contributed by atoms with Gasteiger partial charge in [0.05, 0.1) is 29.7 Å². The summed E-state index contributed by atoms with van der Waals surface area (Å²) in [4.78, 5) is 27.7. The lowest BCUT2D eigenvalue weighted by Gasteiger charge is -2.25. The average molecular weight is 506 g/mol. The molecule has 0 bridgehead atoms. The Balaban J connectivity index is 1.51. The minimum Gasteiger partial charge on any atom is -0.339 e. The van der Waals surface area contributed by atoms with E-state index in [1.807, 2.05) is 36.9 Å². The number of rotatable bonds is 7. The summed E-state index contributed by atoms with van der Waals surface area (Å²) >= 11 is 0. The van der Waals surface area contributed by atoms with Crippen LogP contribution in [0.15, 0.2) is 66.7 Å². The Hall–Kier alpha value is -3.65. The normalized spacial score (nSPS) is 13.5. The SMILES string of the molecule is Cc1ccc(C)c(N(Cc2ccc(C(=O)Nc3ccccc3C(=O)N3CCCC3)cc2)S(C)(=O)=O)c1. The minimum atomic E-state index is -3.52. The fourth-order valence-corrected chi connectivity index (χ4v) is 5.30. The van der Waals surface area contributed by atoms with Crippen molar-refractivity contribution >= 4 is 33.2 Å². The highest BCUT2D eigenvalue weighted by molar-refractivity contribution is 7.92. The first kappa shape index (κ1) is 25.4. The Morgan fingerprint density at radius 2 is 1.61 bits per heavy atom. The molecule has 8 heteroatoms. The maximum absolute atomic E-state index is 13.0. The smallest absolute Gasteiger partial charge is 0.255 e. The number of benzene rings is 3. The molecule has 1 saturated heterocycles. The summed E-state index contributed by atoms with van der Waals surface area (Å²) in [7, 11) is -3.52. The number of hydrogen-bond acceptors (Lipinski definition) is 4.